The minimum atomic E-state index is -1.08. The molecule has 0 saturated carbocycles. The summed E-state index contributed by atoms with van der Waals surface area (Å²) in [5.74, 6) is -1.53. The number of ether oxygens (including phenoxy) is 2. The van der Waals surface area contributed by atoms with Crippen LogP contribution in [0.25, 0.3) is 0 Å². The van der Waals surface area contributed by atoms with Crippen molar-refractivity contribution in [3.8, 4) is 5.75 Å². The van der Waals surface area contributed by atoms with Gasteiger partial charge in [0.1, 0.15) is 30.5 Å². The van der Waals surface area contributed by atoms with Gasteiger partial charge in [-0.3, -0.25) is 9.59 Å². The fraction of sp³-hybridized carbons (Fsp3) is 0.467. The highest BCUT2D eigenvalue weighted by atomic mass is 127. The van der Waals surface area contributed by atoms with Crippen LogP contribution < -0.4 is 16.0 Å². The maximum absolute atomic E-state index is 13.5. The number of rotatable bonds is 16. The third-order valence-corrected chi connectivity index (χ3v) is 6.98. The Morgan fingerprint density at radius 3 is 2.07 bits per heavy atom. The van der Waals surface area contributed by atoms with Crippen molar-refractivity contribution in [2.75, 3.05) is 11.5 Å². The predicted molar refractivity (Wildman–Crippen MR) is 163 cm³/mol. The smallest absolute Gasteiger partial charge is 0.408 e. The van der Waals surface area contributed by atoms with E-state index in [4.69, 9.17) is 9.47 Å². The Balaban J connectivity index is 2.18. The molecule has 0 bridgehead atoms. The Morgan fingerprint density at radius 2 is 1.46 bits per heavy atom. The summed E-state index contributed by atoms with van der Waals surface area (Å²) in [5, 5.41) is 17.8. The first kappa shape index (κ1) is 33.9. The first-order valence-corrected chi connectivity index (χ1v) is 15.1. The second-order valence-electron chi connectivity index (χ2n) is 10.1. The van der Waals surface area contributed by atoms with Gasteiger partial charge in [-0.05, 0) is 52.9 Å². The summed E-state index contributed by atoms with van der Waals surface area (Å²) >= 11 is 2.25. The number of amides is 3. The van der Waals surface area contributed by atoms with Gasteiger partial charge in [-0.2, -0.15) is 0 Å². The summed E-state index contributed by atoms with van der Waals surface area (Å²) in [6.45, 7) is 3.85. The fourth-order valence-corrected chi connectivity index (χ4v) is 4.61. The molecule has 224 valence electrons. The van der Waals surface area contributed by atoms with Crippen molar-refractivity contribution >= 4 is 46.5 Å². The molecule has 2 aromatic carbocycles. The highest BCUT2D eigenvalue weighted by Crippen LogP contribution is 2.13. The van der Waals surface area contributed by atoms with Crippen molar-refractivity contribution < 1.29 is 33.8 Å². The van der Waals surface area contributed by atoms with Gasteiger partial charge in [0.15, 0.2) is 0 Å². The van der Waals surface area contributed by atoms with Crippen LogP contribution >= 0.6 is 22.6 Å². The average Bonchev–Trinajstić information content (AvgIpc) is 2.95. The largest absolute Gasteiger partial charge is 0.508 e. The summed E-state index contributed by atoms with van der Waals surface area (Å²) in [6, 6.07) is 12.5. The van der Waals surface area contributed by atoms with Gasteiger partial charge < -0.3 is 30.5 Å². The van der Waals surface area contributed by atoms with Gasteiger partial charge in [-0.1, -0.05) is 85.3 Å². The van der Waals surface area contributed by atoms with E-state index in [1.807, 2.05) is 44.2 Å². The van der Waals surface area contributed by atoms with Crippen LogP contribution in [-0.4, -0.2) is 58.6 Å². The van der Waals surface area contributed by atoms with Gasteiger partial charge in [-0.25, -0.2) is 9.59 Å². The van der Waals surface area contributed by atoms with E-state index in [-0.39, 0.29) is 24.7 Å². The molecule has 10 nitrogen and oxygen atoms in total. The van der Waals surface area contributed by atoms with Crippen molar-refractivity contribution in [2.45, 2.75) is 70.7 Å². The van der Waals surface area contributed by atoms with Gasteiger partial charge in [-0.15, -0.1) is 0 Å². The predicted octanol–water partition coefficient (Wildman–Crippen LogP) is 4.02. The van der Waals surface area contributed by atoms with Crippen LogP contribution in [0.15, 0.2) is 54.6 Å². The molecule has 0 heterocycles. The number of carbonyl (C=O) groups excluding carboxylic acids is 4. The van der Waals surface area contributed by atoms with E-state index in [1.54, 1.807) is 12.1 Å². The first-order chi connectivity index (χ1) is 19.6. The van der Waals surface area contributed by atoms with Crippen molar-refractivity contribution in [2.24, 2.45) is 5.92 Å². The number of aromatic hydroxyl groups is 1. The zero-order valence-electron chi connectivity index (χ0n) is 23.7. The van der Waals surface area contributed by atoms with E-state index in [1.165, 1.54) is 19.2 Å². The lowest BCUT2D eigenvalue weighted by Crippen LogP contribution is -2.56. The molecule has 0 aromatic heterocycles. The maximum atomic E-state index is 13.5. The molecule has 0 aliphatic heterocycles. The van der Waals surface area contributed by atoms with E-state index in [0.29, 0.717) is 18.4 Å². The molecule has 0 aliphatic carbocycles. The van der Waals surface area contributed by atoms with Crippen LogP contribution in [0.2, 0.25) is 0 Å². The van der Waals surface area contributed by atoms with Gasteiger partial charge in [0, 0.05) is 6.42 Å². The number of nitrogens with one attached hydrogen (secondary N) is 3. The summed E-state index contributed by atoms with van der Waals surface area (Å²) in [4.78, 5) is 51.8. The summed E-state index contributed by atoms with van der Waals surface area (Å²) in [7, 11) is 1.27. The Morgan fingerprint density at radius 1 is 0.829 bits per heavy atom. The molecule has 3 atom stereocenters. The molecule has 41 heavy (non-hydrogen) atoms. The molecule has 4 N–H and O–H groups in total. The van der Waals surface area contributed by atoms with Crippen molar-refractivity contribution in [1.29, 1.82) is 0 Å². The number of methoxy groups -OCH3 is 1. The Hall–Kier alpha value is -3.35. The lowest BCUT2D eigenvalue weighted by atomic mass is 10.0. The number of hydrogen-bond acceptors (Lipinski definition) is 7. The van der Waals surface area contributed by atoms with E-state index in [2.05, 4.69) is 38.5 Å². The summed E-state index contributed by atoms with van der Waals surface area (Å²) in [6.07, 6.45) is 1.64. The second kappa shape index (κ2) is 18.2. The van der Waals surface area contributed by atoms with E-state index >= 15 is 0 Å². The highest BCUT2D eigenvalue weighted by molar-refractivity contribution is 14.1. The maximum Gasteiger partial charge on any atom is 0.408 e. The number of phenolic OH excluding ortho intramolecular Hbond substituents is 1. The molecule has 0 spiro atoms. The van der Waals surface area contributed by atoms with Crippen molar-refractivity contribution in [1.82, 2.24) is 16.0 Å². The number of benzene rings is 2. The molecule has 2 rings (SSSR count). The lowest BCUT2D eigenvalue weighted by molar-refractivity contribution is -0.145. The Labute approximate surface area is 255 Å². The molecule has 0 unspecified atom stereocenters. The number of alkyl halides is 1. The van der Waals surface area contributed by atoms with Gasteiger partial charge in [0.05, 0.1) is 7.11 Å². The number of alkyl carbamates (subject to hydrolysis) is 1. The van der Waals surface area contributed by atoms with Crippen LogP contribution in [0.3, 0.4) is 0 Å². The molecule has 0 radical (unpaired) electrons. The van der Waals surface area contributed by atoms with Crippen molar-refractivity contribution in [3.63, 3.8) is 0 Å². The third-order valence-electron chi connectivity index (χ3n) is 6.22. The van der Waals surface area contributed by atoms with Gasteiger partial charge in [0.25, 0.3) is 0 Å². The average molecular weight is 682 g/mol. The molecule has 0 saturated heterocycles. The zero-order valence-corrected chi connectivity index (χ0v) is 25.9. The SMILES string of the molecule is COC(=O)[C@H](CCCCI)NC(=O)[C@H](CC(C)C)NC(=O)[C@H](Cc1ccc(O)cc1)NC(=O)OCc1ccccc1. The minimum Gasteiger partial charge on any atom is -0.508 e. The number of unbranched alkanes of at least 4 members (excludes halogenated alkanes) is 1. The number of phenols is 1. The van der Waals surface area contributed by atoms with Gasteiger partial charge >= 0.3 is 12.1 Å². The topological polar surface area (TPSA) is 143 Å². The molecule has 2 aromatic rings. The van der Waals surface area contributed by atoms with Crippen molar-refractivity contribution in [3.05, 3.63) is 65.7 Å². The molecule has 0 fully saturated rings. The quantitative estimate of drug-likeness (QED) is 0.0908. The molecule has 3 amide bonds. The number of carbonyl (C=O) groups is 4. The Bertz CT molecular complexity index is 1110. The zero-order chi connectivity index (χ0) is 30.2. The standard InChI is InChI=1S/C30H40IN3O7/c1-20(2)17-25(27(36)32-24(29(38)40-3)11-7-8-16-31)33-28(37)26(18-21-12-14-23(35)15-13-21)34-30(39)41-19-22-9-5-4-6-10-22/h4-6,9-10,12-15,20,24-26,35H,7-8,11,16-19H2,1-3H3,(H,32,36)(H,33,37)(H,34,39)/t24-,25-,26-/m0/s1. The Kier molecular flexibility index (Phi) is 15.0. The summed E-state index contributed by atoms with van der Waals surface area (Å²) in [5.41, 5.74) is 1.46. The minimum absolute atomic E-state index is 0.0189. The monoisotopic (exact) mass is 681 g/mol. The number of halogens is 1. The lowest BCUT2D eigenvalue weighted by Gasteiger charge is -2.26. The van der Waals surface area contributed by atoms with Gasteiger partial charge in [0.2, 0.25) is 11.8 Å². The third kappa shape index (κ3) is 12.8. The number of esters is 1. The van der Waals surface area contributed by atoms with Crippen LogP contribution in [0.1, 0.15) is 50.7 Å². The molecular formula is C30H40IN3O7. The second-order valence-corrected chi connectivity index (χ2v) is 11.2. The molecular weight excluding hydrogens is 641 g/mol. The number of hydrogen-bond donors (Lipinski definition) is 4. The molecule has 11 heteroatoms. The van der Waals surface area contributed by atoms with Crippen LogP contribution in [0, 0.1) is 5.92 Å². The summed E-state index contributed by atoms with van der Waals surface area (Å²) < 4.78 is 11.1. The van der Waals surface area contributed by atoms with E-state index in [0.717, 1.165) is 22.8 Å². The van der Waals surface area contributed by atoms with Crippen LogP contribution in [-0.2, 0) is 36.9 Å². The van der Waals surface area contributed by atoms with Crippen LogP contribution in [0.5, 0.6) is 5.75 Å². The van der Waals surface area contributed by atoms with Crippen LogP contribution in [0.4, 0.5) is 4.79 Å². The van der Waals surface area contributed by atoms with E-state index in [9.17, 15) is 24.3 Å². The fourth-order valence-electron chi connectivity index (χ4n) is 4.07. The van der Waals surface area contributed by atoms with E-state index < -0.39 is 42.0 Å². The highest BCUT2D eigenvalue weighted by Gasteiger charge is 2.30. The first-order valence-electron chi connectivity index (χ1n) is 13.6. The molecule has 0 aliphatic rings. The normalized spacial score (nSPS) is 13.0.